The lowest BCUT2D eigenvalue weighted by molar-refractivity contribution is -0.133. The Morgan fingerprint density at radius 3 is 2.13 bits per heavy atom. The van der Waals surface area contributed by atoms with Crippen LogP contribution in [0.3, 0.4) is 0 Å². The summed E-state index contributed by atoms with van der Waals surface area (Å²) in [6.07, 6.45) is 0. The molecule has 31 heavy (non-hydrogen) atoms. The molecule has 5 heteroatoms. The molecule has 4 rings (SSSR count). The van der Waals surface area contributed by atoms with E-state index in [2.05, 4.69) is 4.90 Å². The van der Waals surface area contributed by atoms with Crippen LogP contribution in [0.25, 0.3) is 11.1 Å². The molecule has 0 atom stereocenters. The van der Waals surface area contributed by atoms with E-state index < -0.39 is 0 Å². The van der Waals surface area contributed by atoms with Gasteiger partial charge in [0, 0.05) is 43.0 Å². The fourth-order valence-electron chi connectivity index (χ4n) is 3.80. The predicted molar refractivity (Wildman–Crippen MR) is 123 cm³/mol. The minimum atomic E-state index is -0.00515. The van der Waals surface area contributed by atoms with E-state index in [4.69, 9.17) is 4.74 Å². The maximum absolute atomic E-state index is 12.7. The Balaban J connectivity index is 1.33. The number of Topliss-reactive ketones (excluding diaryl/α,β-unsaturated/α-hetero) is 1. The first-order chi connectivity index (χ1) is 15.1. The van der Waals surface area contributed by atoms with Crippen molar-refractivity contribution in [1.29, 1.82) is 0 Å². The molecule has 0 aliphatic carbocycles. The minimum Gasteiger partial charge on any atom is -0.483 e. The van der Waals surface area contributed by atoms with E-state index >= 15 is 0 Å². The van der Waals surface area contributed by atoms with Gasteiger partial charge in [0.15, 0.2) is 12.4 Å². The molecule has 0 N–H and O–H groups in total. The summed E-state index contributed by atoms with van der Waals surface area (Å²) in [6, 6.07) is 25.5. The van der Waals surface area contributed by atoms with Crippen molar-refractivity contribution in [3.63, 3.8) is 0 Å². The van der Waals surface area contributed by atoms with E-state index in [1.165, 1.54) is 0 Å². The van der Waals surface area contributed by atoms with Crippen molar-refractivity contribution in [2.75, 3.05) is 37.7 Å². The maximum atomic E-state index is 12.7. The van der Waals surface area contributed by atoms with Gasteiger partial charge in [0.05, 0.1) is 0 Å². The third-order valence-electron chi connectivity index (χ3n) is 5.59. The summed E-state index contributed by atoms with van der Waals surface area (Å²) in [5, 5.41) is 0. The number of para-hydroxylation sites is 1. The number of hydrogen-bond acceptors (Lipinski definition) is 4. The van der Waals surface area contributed by atoms with E-state index in [0.29, 0.717) is 24.4 Å². The fraction of sp³-hybridized carbons (Fsp3) is 0.231. The van der Waals surface area contributed by atoms with E-state index in [-0.39, 0.29) is 18.3 Å². The normalized spacial score (nSPS) is 13.7. The van der Waals surface area contributed by atoms with Gasteiger partial charge in [-0.05, 0) is 42.8 Å². The molecule has 1 fully saturated rings. The zero-order valence-electron chi connectivity index (χ0n) is 17.7. The number of hydrogen-bond donors (Lipinski definition) is 0. The van der Waals surface area contributed by atoms with Gasteiger partial charge in [-0.2, -0.15) is 0 Å². The minimum absolute atomic E-state index is 0.00515. The van der Waals surface area contributed by atoms with Crippen molar-refractivity contribution in [3.05, 3.63) is 84.4 Å². The zero-order valence-corrected chi connectivity index (χ0v) is 17.7. The van der Waals surface area contributed by atoms with E-state index in [9.17, 15) is 9.59 Å². The average molecular weight is 415 g/mol. The number of ether oxygens (including phenoxy) is 1. The largest absolute Gasteiger partial charge is 0.483 e. The van der Waals surface area contributed by atoms with Crippen molar-refractivity contribution in [3.8, 4) is 16.9 Å². The van der Waals surface area contributed by atoms with Crippen LogP contribution >= 0.6 is 0 Å². The highest BCUT2D eigenvalue weighted by molar-refractivity contribution is 5.94. The molecule has 1 aliphatic heterocycles. The quantitative estimate of drug-likeness (QED) is 0.565. The van der Waals surface area contributed by atoms with Crippen LogP contribution in [0, 0.1) is 0 Å². The molecule has 3 aromatic carbocycles. The number of rotatable bonds is 6. The molecule has 158 valence electrons. The number of ketones is 1. The lowest BCUT2D eigenvalue weighted by atomic mass is 10.1. The van der Waals surface area contributed by atoms with Crippen molar-refractivity contribution >= 4 is 17.4 Å². The molecule has 5 nitrogen and oxygen atoms in total. The van der Waals surface area contributed by atoms with E-state index in [1.807, 2.05) is 83.8 Å². The first-order valence-corrected chi connectivity index (χ1v) is 10.5. The molecule has 1 aliphatic rings. The lowest BCUT2D eigenvalue weighted by Gasteiger charge is -2.36. The van der Waals surface area contributed by atoms with Gasteiger partial charge in [-0.15, -0.1) is 0 Å². The Labute approximate surface area is 182 Å². The molecule has 1 amide bonds. The van der Waals surface area contributed by atoms with Crippen LogP contribution in [0.15, 0.2) is 78.9 Å². The highest BCUT2D eigenvalue weighted by Crippen LogP contribution is 2.29. The van der Waals surface area contributed by atoms with Crippen LogP contribution < -0.4 is 9.64 Å². The molecule has 1 heterocycles. The number of benzene rings is 3. The number of anilines is 1. The van der Waals surface area contributed by atoms with Crippen molar-refractivity contribution in [1.82, 2.24) is 4.90 Å². The van der Waals surface area contributed by atoms with Gasteiger partial charge in [0.2, 0.25) is 0 Å². The van der Waals surface area contributed by atoms with E-state index in [1.54, 1.807) is 6.92 Å². The third-order valence-corrected chi connectivity index (χ3v) is 5.59. The van der Waals surface area contributed by atoms with Gasteiger partial charge in [-0.25, -0.2) is 0 Å². The number of carbonyl (C=O) groups excluding carboxylic acids is 2. The van der Waals surface area contributed by atoms with Gasteiger partial charge < -0.3 is 14.5 Å². The Hall–Kier alpha value is -3.60. The molecule has 0 radical (unpaired) electrons. The van der Waals surface area contributed by atoms with Crippen molar-refractivity contribution in [2.24, 2.45) is 0 Å². The first-order valence-electron chi connectivity index (χ1n) is 10.5. The van der Waals surface area contributed by atoms with Crippen LogP contribution in [-0.2, 0) is 4.79 Å². The second kappa shape index (κ2) is 9.47. The molecule has 0 saturated carbocycles. The predicted octanol–water partition coefficient (Wildman–Crippen LogP) is 4.28. The lowest BCUT2D eigenvalue weighted by Crippen LogP contribution is -2.50. The zero-order chi connectivity index (χ0) is 21.6. The van der Waals surface area contributed by atoms with Crippen LogP contribution in [-0.4, -0.2) is 49.4 Å². The van der Waals surface area contributed by atoms with Crippen LogP contribution in [0.2, 0.25) is 0 Å². The molecule has 0 bridgehead atoms. The van der Waals surface area contributed by atoms with Crippen LogP contribution in [0.5, 0.6) is 5.75 Å². The van der Waals surface area contributed by atoms with Crippen molar-refractivity contribution < 1.29 is 14.3 Å². The van der Waals surface area contributed by atoms with E-state index in [0.717, 1.165) is 29.9 Å². The van der Waals surface area contributed by atoms with Crippen LogP contribution in [0.1, 0.15) is 17.3 Å². The number of piperazine rings is 1. The molecule has 0 spiro atoms. The van der Waals surface area contributed by atoms with Gasteiger partial charge in [0.25, 0.3) is 5.91 Å². The van der Waals surface area contributed by atoms with Gasteiger partial charge in [0.1, 0.15) is 5.75 Å². The monoisotopic (exact) mass is 414 g/mol. The average Bonchev–Trinajstić information content (AvgIpc) is 2.83. The molecule has 3 aromatic rings. The molecule has 0 aromatic heterocycles. The van der Waals surface area contributed by atoms with Crippen molar-refractivity contribution in [2.45, 2.75) is 6.92 Å². The smallest absolute Gasteiger partial charge is 0.260 e. The van der Waals surface area contributed by atoms with Gasteiger partial charge in [-0.1, -0.05) is 48.5 Å². The van der Waals surface area contributed by atoms with Gasteiger partial charge >= 0.3 is 0 Å². The molecular weight excluding hydrogens is 388 g/mol. The summed E-state index contributed by atoms with van der Waals surface area (Å²) in [4.78, 5) is 28.3. The Morgan fingerprint density at radius 1 is 0.806 bits per heavy atom. The summed E-state index contributed by atoms with van der Waals surface area (Å²) in [7, 11) is 0. The highest BCUT2D eigenvalue weighted by atomic mass is 16.5. The third kappa shape index (κ3) is 4.94. The number of nitrogens with zero attached hydrogens (tertiary/aromatic N) is 2. The molecular formula is C26H26N2O3. The first kappa shape index (κ1) is 20.7. The second-order valence-electron chi connectivity index (χ2n) is 7.62. The topological polar surface area (TPSA) is 49.9 Å². The summed E-state index contributed by atoms with van der Waals surface area (Å²) >= 11 is 0. The Kier molecular flexibility index (Phi) is 6.32. The maximum Gasteiger partial charge on any atom is 0.260 e. The number of amides is 1. The number of carbonyl (C=O) groups is 2. The molecule has 0 unspecified atom stereocenters. The SMILES string of the molecule is CC(=O)c1ccc(N2CCN(C(=O)COc3ccccc3-c3ccccc3)CC2)cc1. The fourth-order valence-corrected chi connectivity index (χ4v) is 3.80. The summed E-state index contributed by atoms with van der Waals surface area (Å²) in [6.45, 7) is 4.41. The Morgan fingerprint density at radius 2 is 1.45 bits per heavy atom. The Bertz CT molecular complexity index is 1040. The summed E-state index contributed by atoms with van der Waals surface area (Å²) in [5.74, 6) is 0.775. The standard InChI is InChI=1S/C26H26N2O3/c1-20(29)21-11-13-23(14-12-21)27-15-17-28(18-16-27)26(30)19-31-25-10-6-5-9-24(25)22-7-3-2-4-8-22/h2-14H,15-19H2,1H3. The second-order valence-corrected chi connectivity index (χ2v) is 7.62. The summed E-state index contributed by atoms with van der Waals surface area (Å²) in [5.41, 5.74) is 3.83. The molecule has 1 saturated heterocycles. The highest BCUT2D eigenvalue weighted by Gasteiger charge is 2.22. The summed E-state index contributed by atoms with van der Waals surface area (Å²) < 4.78 is 5.92. The van der Waals surface area contributed by atoms with Gasteiger partial charge in [-0.3, -0.25) is 9.59 Å². The van der Waals surface area contributed by atoms with Crippen LogP contribution in [0.4, 0.5) is 5.69 Å².